The number of hydrogen-bond acceptors (Lipinski definition) is 4. The summed E-state index contributed by atoms with van der Waals surface area (Å²) < 4.78 is 29.4. The third-order valence-corrected chi connectivity index (χ3v) is 2.86. The van der Waals surface area contributed by atoms with Gasteiger partial charge in [-0.05, 0) is 18.2 Å². The van der Waals surface area contributed by atoms with E-state index in [0.717, 1.165) is 0 Å². The number of nitrogen functional groups attached to an aromatic ring is 1. The van der Waals surface area contributed by atoms with Crippen molar-refractivity contribution < 1.29 is 18.6 Å². The van der Waals surface area contributed by atoms with Crippen LogP contribution >= 0.6 is 0 Å². The maximum Gasteiger partial charge on any atom is 0.171 e. The zero-order valence-electron chi connectivity index (χ0n) is 11.4. The molecule has 0 unspecified atom stereocenters. The molecule has 0 aliphatic carbocycles. The number of halogens is 1. The molecule has 20 heavy (non-hydrogen) atoms. The Labute approximate surface area is 116 Å². The first-order valence-corrected chi connectivity index (χ1v) is 6.03. The largest absolute Gasteiger partial charge is 0.495 e. The summed E-state index contributed by atoms with van der Waals surface area (Å²) in [6, 6.07) is 9.97. The standard InChI is InChI=1S/C15H16FNO3/c1-18-13-7-6-11(8-12(13)17)20-9-10-4-3-5-14(19-2)15(10)16/h3-8H,9,17H2,1-2H3. The van der Waals surface area contributed by atoms with Crippen LogP contribution < -0.4 is 19.9 Å². The molecule has 0 amide bonds. The van der Waals surface area contributed by atoms with Gasteiger partial charge in [-0.3, -0.25) is 0 Å². The summed E-state index contributed by atoms with van der Waals surface area (Å²) in [4.78, 5) is 0. The van der Waals surface area contributed by atoms with Crippen LogP contribution in [0.2, 0.25) is 0 Å². The van der Waals surface area contributed by atoms with Gasteiger partial charge >= 0.3 is 0 Å². The van der Waals surface area contributed by atoms with Crippen molar-refractivity contribution in [3.63, 3.8) is 0 Å². The highest BCUT2D eigenvalue weighted by atomic mass is 19.1. The molecular weight excluding hydrogens is 261 g/mol. The normalized spacial score (nSPS) is 10.2. The monoisotopic (exact) mass is 277 g/mol. The highest BCUT2D eigenvalue weighted by Crippen LogP contribution is 2.27. The number of anilines is 1. The van der Waals surface area contributed by atoms with Gasteiger partial charge in [0.25, 0.3) is 0 Å². The van der Waals surface area contributed by atoms with Crippen molar-refractivity contribution in [2.24, 2.45) is 0 Å². The zero-order chi connectivity index (χ0) is 14.5. The summed E-state index contributed by atoms with van der Waals surface area (Å²) in [5, 5.41) is 0. The van der Waals surface area contributed by atoms with Gasteiger partial charge in [0.2, 0.25) is 0 Å². The molecule has 0 saturated carbocycles. The predicted octanol–water partition coefficient (Wildman–Crippen LogP) is 3.00. The number of benzene rings is 2. The SMILES string of the molecule is COc1ccc(OCc2cccc(OC)c2F)cc1N. The first kappa shape index (κ1) is 14.0. The van der Waals surface area contributed by atoms with E-state index in [1.54, 1.807) is 36.4 Å². The maximum absolute atomic E-state index is 13.9. The lowest BCUT2D eigenvalue weighted by Crippen LogP contribution is -2.01. The Kier molecular flexibility index (Phi) is 4.30. The highest BCUT2D eigenvalue weighted by Gasteiger charge is 2.09. The van der Waals surface area contributed by atoms with Crippen LogP contribution in [0.3, 0.4) is 0 Å². The van der Waals surface area contributed by atoms with Crippen molar-refractivity contribution in [3.05, 3.63) is 47.8 Å². The molecule has 106 valence electrons. The predicted molar refractivity (Wildman–Crippen MR) is 74.7 cm³/mol. The lowest BCUT2D eigenvalue weighted by Gasteiger charge is -2.11. The molecule has 0 fully saturated rings. The first-order chi connectivity index (χ1) is 9.65. The third-order valence-electron chi connectivity index (χ3n) is 2.86. The summed E-state index contributed by atoms with van der Waals surface area (Å²) >= 11 is 0. The average molecular weight is 277 g/mol. The van der Waals surface area contributed by atoms with E-state index < -0.39 is 5.82 Å². The Hall–Kier alpha value is -2.43. The molecule has 5 heteroatoms. The molecule has 0 spiro atoms. The second-order valence-electron chi connectivity index (χ2n) is 4.13. The van der Waals surface area contributed by atoms with Gasteiger partial charge in [0.15, 0.2) is 11.6 Å². The Bertz CT molecular complexity index is 602. The van der Waals surface area contributed by atoms with E-state index in [0.29, 0.717) is 22.7 Å². The number of nitrogens with two attached hydrogens (primary N) is 1. The topological polar surface area (TPSA) is 53.7 Å². The van der Waals surface area contributed by atoms with E-state index >= 15 is 0 Å². The molecule has 0 bridgehead atoms. The Morgan fingerprint density at radius 2 is 1.80 bits per heavy atom. The molecule has 0 saturated heterocycles. The van der Waals surface area contributed by atoms with Crippen LogP contribution in [-0.2, 0) is 6.61 Å². The summed E-state index contributed by atoms with van der Waals surface area (Å²) in [6.45, 7) is 0.0921. The quantitative estimate of drug-likeness (QED) is 0.854. The van der Waals surface area contributed by atoms with Crippen molar-refractivity contribution >= 4 is 5.69 Å². The van der Waals surface area contributed by atoms with Gasteiger partial charge < -0.3 is 19.9 Å². The number of ether oxygens (including phenoxy) is 3. The minimum Gasteiger partial charge on any atom is -0.495 e. The number of methoxy groups -OCH3 is 2. The highest BCUT2D eigenvalue weighted by molar-refractivity contribution is 5.56. The molecule has 0 radical (unpaired) electrons. The van der Waals surface area contributed by atoms with E-state index in [1.807, 2.05) is 0 Å². The maximum atomic E-state index is 13.9. The van der Waals surface area contributed by atoms with E-state index in [-0.39, 0.29) is 12.4 Å². The van der Waals surface area contributed by atoms with Crippen LogP contribution in [-0.4, -0.2) is 14.2 Å². The zero-order valence-corrected chi connectivity index (χ0v) is 11.4. The smallest absolute Gasteiger partial charge is 0.171 e. The third kappa shape index (κ3) is 2.93. The minimum atomic E-state index is -0.420. The minimum absolute atomic E-state index is 0.0921. The van der Waals surface area contributed by atoms with Crippen LogP contribution in [0.4, 0.5) is 10.1 Å². The van der Waals surface area contributed by atoms with Crippen molar-refractivity contribution in [3.8, 4) is 17.2 Å². The van der Waals surface area contributed by atoms with E-state index in [2.05, 4.69) is 0 Å². The van der Waals surface area contributed by atoms with Gasteiger partial charge in [-0.2, -0.15) is 0 Å². The number of hydrogen-bond donors (Lipinski definition) is 1. The lowest BCUT2D eigenvalue weighted by atomic mass is 10.2. The van der Waals surface area contributed by atoms with Crippen molar-refractivity contribution in [2.75, 3.05) is 20.0 Å². The molecule has 0 atom stereocenters. The summed E-state index contributed by atoms with van der Waals surface area (Å²) in [7, 11) is 2.96. The van der Waals surface area contributed by atoms with Gasteiger partial charge in [0, 0.05) is 11.6 Å². The molecule has 0 aliphatic heterocycles. The fourth-order valence-electron chi connectivity index (χ4n) is 1.79. The summed E-state index contributed by atoms with van der Waals surface area (Å²) in [5.41, 5.74) is 6.66. The Balaban J connectivity index is 2.11. The van der Waals surface area contributed by atoms with Gasteiger partial charge in [-0.25, -0.2) is 4.39 Å². The second kappa shape index (κ2) is 6.14. The van der Waals surface area contributed by atoms with Gasteiger partial charge in [0.05, 0.1) is 19.9 Å². The second-order valence-corrected chi connectivity index (χ2v) is 4.13. The summed E-state index contributed by atoms with van der Waals surface area (Å²) in [5.74, 6) is 0.896. The molecule has 2 aromatic carbocycles. The molecule has 0 aliphatic rings. The first-order valence-electron chi connectivity index (χ1n) is 6.03. The van der Waals surface area contributed by atoms with Crippen LogP contribution in [0.25, 0.3) is 0 Å². The number of rotatable bonds is 5. The van der Waals surface area contributed by atoms with E-state index in [4.69, 9.17) is 19.9 Å². The molecule has 2 rings (SSSR count). The van der Waals surface area contributed by atoms with Crippen molar-refractivity contribution in [2.45, 2.75) is 6.61 Å². The molecular formula is C15H16FNO3. The van der Waals surface area contributed by atoms with Crippen LogP contribution in [0.15, 0.2) is 36.4 Å². The molecule has 2 N–H and O–H groups in total. The van der Waals surface area contributed by atoms with Crippen LogP contribution in [0.1, 0.15) is 5.56 Å². The fraction of sp³-hybridized carbons (Fsp3) is 0.200. The van der Waals surface area contributed by atoms with Crippen LogP contribution in [0, 0.1) is 5.82 Å². The molecule has 2 aromatic rings. The lowest BCUT2D eigenvalue weighted by molar-refractivity contribution is 0.295. The van der Waals surface area contributed by atoms with Crippen LogP contribution in [0.5, 0.6) is 17.2 Å². The van der Waals surface area contributed by atoms with Gasteiger partial charge in [-0.15, -0.1) is 0 Å². The summed E-state index contributed by atoms with van der Waals surface area (Å²) in [6.07, 6.45) is 0. The van der Waals surface area contributed by atoms with Crippen molar-refractivity contribution in [1.29, 1.82) is 0 Å². The van der Waals surface area contributed by atoms with E-state index in [1.165, 1.54) is 14.2 Å². The van der Waals surface area contributed by atoms with E-state index in [9.17, 15) is 4.39 Å². The molecule has 0 heterocycles. The molecule has 0 aromatic heterocycles. The molecule has 4 nitrogen and oxygen atoms in total. The Morgan fingerprint density at radius 3 is 2.45 bits per heavy atom. The van der Waals surface area contributed by atoms with Gasteiger partial charge in [0.1, 0.15) is 18.1 Å². The average Bonchev–Trinajstić information content (AvgIpc) is 2.46. The van der Waals surface area contributed by atoms with Crippen molar-refractivity contribution in [1.82, 2.24) is 0 Å². The van der Waals surface area contributed by atoms with Gasteiger partial charge in [-0.1, -0.05) is 12.1 Å². The fourth-order valence-corrected chi connectivity index (χ4v) is 1.79. The Morgan fingerprint density at radius 1 is 1.05 bits per heavy atom.